The number of nitrogens with zero attached hydrogens (tertiary/aromatic N) is 3. The lowest BCUT2D eigenvalue weighted by Crippen LogP contribution is -2.31. The Hall–Kier alpha value is -2.66. The Kier molecular flexibility index (Phi) is 7.42. The highest BCUT2D eigenvalue weighted by molar-refractivity contribution is 7.98. The standard InChI is InChI=1S/C24H25N3O4S3/c1-4-26(5-2)34(29,30)19-13-11-17(12-14-19)23(28)27(16-18-8-7-15-31-18)24-25-22-20(32-3)9-6-10-21(22)33-24/h6-15H,4-5,16H2,1-3H3. The van der Waals surface area contributed by atoms with E-state index in [1.54, 1.807) is 61.0 Å². The fourth-order valence-electron chi connectivity index (χ4n) is 3.61. The third kappa shape index (κ3) is 4.76. The number of hydrogen-bond donors (Lipinski definition) is 0. The molecule has 10 heteroatoms. The molecule has 4 aromatic rings. The molecular formula is C24H25N3O4S3. The van der Waals surface area contributed by atoms with Crippen LogP contribution in [-0.4, -0.2) is 43.0 Å². The predicted octanol–water partition coefficient (Wildman–Crippen LogP) is 5.49. The van der Waals surface area contributed by atoms with Crippen LogP contribution >= 0.6 is 23.1 Å². The molecule has 0 unspecified atom stereocenters. The molecule has 1 amide bonds. The Balaban J connectivity index is 1.71. The SMILES string of the molecule is CCN(CC)S(=O)(=O)c1ccc(C(=O)N(Cc2ccco2)c2nc3c(SC)cccc3s2)cc1. The number of fused-ring (bicyclic) bond motifs is 1. The summed E-state index contributed by atoms with van der Waals surface area (Å²) >= 11 is 3.04. The molecule has 0 N–H and O–H groups in total. The van der Waals surface area contributed by atoms with Gasteiger partial charge >= 0.3 is 0 Å². The molecule has 0 aliphatic heterocycles. The molecule has 0 saturated heterocycles. The molecule has 0 atom stereocenters. The van der Waals surface area contributed by atoms with Gasteiger partial charge in [0.2, 0.25) is 10.0 Å². The Morgan fingerprint density at radius 2 is 1.79 bits per heavy atom. The first-order valence-electron chi connectivity index (χ1n) is 10.8. The van der Waals surface area contributed by atoms with Gasteiger partial charge in [0.05, 0.1) is 27.9 Å². The molecule has 34 heavy (non-hydrogen) atoms. The molecule has 2 heterocycles. The number of sulfonamides is 1. The van der Waals surface area contributed by atoms with Gasteiger partial charge in [0, 0.05) is 23.5 Å². The zero-order valence-electron chi connectivity index (χ0n) is 19.1. The van der Waals surface area contributed by atoms with Gasteiger partial charge in [-0.15, -0.1) is 11.8 Å². The molecule has 0 aliphatic rings. The number of thioether (sulfide) groups is 1. The van der Waals surface area contributed by atoms with Crippen LogP contribution in [0.3, 0.4) is 0 Å². The first-order valence-corrected chi connectivity index (χ1v) is 14.2. The third-order valence-corrected chi connectivity index (χ3v) is 9.28. The monoisotopic (exact) mass is 515 g/mol. The highest BCUT2D eigenvalue weighted by Crippen LogP contribution is 2.35. The number of rotatable bonds is 9. The van der Waals surface area contributed by atoms with Crippen molar-refractivity contribution in [2.24, 2.45) is 0 Å². The van der Waals surface area contributed by atoms with E-state index < -0.39 is 10.0 Å². The molecule has 2 aromatic carbocycles. The van der Waals surface area contributed by atoms with Crippen LogP contribution < -0.4 is 4.90 Å². The van der Waals surface area contributed by atoms with Crippen molar-refractivity contribution in [1.82, 2.24) is 9.29 Å². The smallest absolute Gasteiger partial charge is 0.260 e. The zero-order chi connectivity index (χ0) is 24.3. The van der Waals surface area contributed by atoms with E-state index in [0.29, 0.717) is 29.5 Å². The van der Waals surface area contributed by atoms with E-state index >= 15 is 0 Å². The van der Waals surface area contributed by atoms with Crippen LogP contribution in [0.2, 0.25) is 0 Å². The zero-order valence-corrected chi connectivity index (χ0v) is 21.5. The molecule has 7 nitrogen and oxygen atoms in total. The first kappa shape index (κ1) is 24.5. The van der Waals surface area contributed by atoms with Gasteiger partial charge in [-0.1, -0.05) is 31.3 Å². The van der Waals surface area contributed by atoms with Crippen LogP contribution in [0.1, 0.15) is 30.0 Å². The maximum atomic E-state index is 13.6. The van der Waals surface area contributed by atoms with E-state index in [-0.39, 0.29) is 17.3 Å². The number of aromatic nitrogens is 1. The number of carbonyl (C=O) groups is 1. The topological polar surface area (TPSA) is 83.7 Å². The lowest BCUT2D eigenvalue weighted by molar-refractivity contribution is 0.0983. The van der Waals surface area contributed by atoms with Crippen molar-refractivity contribution in [3.8, 4) is 0 Å². The van der Waals surface area contributed by atoms with Crippen molar-refractivity contribution < 1.29 is 17.6 Å². The van der Waals surface area contributed by atoms with Crippen molar-refractivity contribution in [1.29, 1.82) is 0 Å². The van der Waals surface area contributed by atoms with Gasteiger partial charge in [0.15, 0.2) is 5.13 Å². The summed E-state index contributed by atoms with van der Waals surface area (Å²) in [6.45, 7) is 4.57. The Labute approximate surface area is 207 Å². The largest absolute Gasteiger partial charge is 0.467 e. The highest BCUT2D eigenvalue weighted by Gasteiger charge is 2.25. The minimum Gasteiger partial charge on any atom is -0.467 e. The summed E-state index contributed by atoms with van der Waals surface area (Å²) in [5, 5.41) is 0.553. The fraction of sp³-hybridized carbons (Fsp3) is 0.250. The van der Waals surface area contributed by atoms with Crippen LogP contribution in [0.15, 0.2) is 75.1 Å². The van der Waals surface area contributed by atoms with Crippen LogP contribution in [0.25, 0.3) is 10.2 Å². The first-order chi connectivity index (χ1) is 16.4. The molecular weight excluding hydrogens is 490 g/mol. The lowest BCUT2D eigenvalue weighted by atomic mass is 10.2. The van der Waals surface area contributed by atoms with E-state index in [1.165, 1.54) is 27.8 Å². The molecule has 0 bridgehead atoms. The number of benzene rings is 2. The second kappa shape index (κ2) is 10.3. The van der Waals surface area contributed by atoms with Crippen LogP contribution in [0.4, 0.5) is 5.13 Å². The van der Waals surface area contributed by atoms with Gasteiger partial charge in [-0.3, -0.25) is 9.69 Å². The van der Waals surface area contributed by atoms with Crippen molar-refractivity contribution in [2.45, 2.75) is 30.2 Å². The third-order valence-electron chi connectivity index (χ3n) is 5.41. The Bertz CT molecular complexity index is 1380. The number of thiazole rings is 1. The van der Waals surface area contributed by atoms with Crippen LogP contribution in [-0.2, 0) is 16.6 Å². The number of anilines is 1. The van der Waals surface area contributed by atoms with Crippen LogP contribution in [0.5, 0.6) is 0 Å². The van der Waals surface area contributed by atoms with Gasteiger partial charge in [0.1, 0.15) is 5.76 Å². The van der Waals surface area contributed by atoms with Gasteiger partial charge in [-0.2, -0.15) is 4.31 Å². The predicted molar refractivity (Wildman–Crippen MR) is 137 cm³/mol. The number of hydrogen-bond acceptors (Lipinski definition) is 7. The molecule has 0 fully saturated rings. The fourth-order valence-corrected chi connectivity index (χ4v) is 6.69. The van der Waals surface area contributed by atoms with Gasteiger partial charge < -0.3 is 4.42 Å². The molecule has 0 aliphatic carbocycles. The lowest BCUT2D eigenvalue weighted by Gasteiger charge is -2.20. The summed E-state index contributed by atoms with van der Waals surface area (Å²) in [4.78, 5) is 21.1. The maximum absolute atomic E-state index is 13.6. The maximum Gasteiger partial charge on any atom is 0.260 e. The molecule has 178 valence electrons. The second-order valence-corrected chi connectivity index (χ2v) is 11.2. The summed E-state index contributed by atoms with van der Waals surface area (Å²) in [7, 11) is -3.60. The average Bonchev–Trinajstić information content (AvgIpc) is 3.52. The summed E-state index contributed by atoms with van der Waals surface area (Å²) in [6, 6.07) is 15.6. The van der Waals surface area contributed by atoms with E-state index in [1.807, 2.05) is 24.5 Å². The van der Waals surface area contributed by atoms with E-state index in [0.717, 1.165) is 15.1 Å². The summed E-state index contributed by atoms with van der Waals surface area (Å²) in [5.41, 5.74) is 1.22. The quantitative estimate of drug-likeness (QED) is 0.274. The van der Waals surface area contributed by atoms with E-state index in [4.69, 9.17) is 9.40 Å². The molecule has 4 rings (SSSR count). The van der Waals surface area contributed by atoms with Crippen LogP contribution in [0, 0.1) is 0 Å². The van der Waals surface area contributed by atoms with Crippen molar-refractivity contribution >= 4 is 54.4 Å². The highest BCUT2D eigenvalue weighted by atomic mass is 32.2. The Morgan fingerprint density at radius 1 is 1.06 bits per heavy atom. The van der Waals surface area contributed by atoms with Gasteiger partial charge in [-0.25, -0.2) is 13.4 Å². The van der Waals surface area contributed by atoms with Gasteiger partial charge in [-0.05, 0) is 54.8 Å². The van der Waals surface area contributed by atoms with Crippen molar-refractivity contribution in [3.05, 3.63) is 72.2 Å². The number of carbonyl (C=O) groups excluding carboxylic acids is 1. The summed E-state index contributed by atoms with van der Waals surface area (Å²) < 4.78 is 33.5. The summed E-state index contributed by atoms with van der Waals surface area (Å²) in [6.07, 6.45) is 3.56. The molecule has 0 saturated carbocycles. The van der Waals surface area contributed by atoms with E-state index in [2.05, 4.69) is 0 Å². The molecule has 0 radical (unpaired) electrons. The van der Waals surface area contributed by atoms with Gasteiger partial charge in [0.25, 0.3) is 5.91 Å². The van der Waals surface area contributed by atoms with Crippen molar-refractivity contribution in [3.63, 3.8) is 0 Å². The molecule has 2 aromatic heterocycles. The van der Waals surface area contributed by atoms with E-state index in [9.17, 15) is 13.2 Å². The number of amides is 1. The number of furan rings is 1. The number of para-hydroxylation sites is 1. The normalized spacial score (nSPS) is 11.9. The minimum absolute atomic E-state index is 0.162. The Morgan fingerprint density at radius 3 is 2.41 bits per heavy atom. The van der Waals surface area contributed by atoms with Crippen molar-refractivity contribution in [2.75, 3.05) is 24.2 Å². The summed E-state index contributed by atoms with van der Waals surface area (Å²) in [5.74, 6) is 0.339. The minimum atomic E-state index is -3.60. The molecule has 0 spiro atoms. The average molecular weight is 516 g/mol. The second-order valence-electron chi connectivity index (χ2n) is 7.39.